The maximum Gasteiger partial charge on any atom is 0.127 e. The highest BCUT2D eigenvalue weighted by Crippen LogP contribution is 2.25. The number of hydrogen-bond donors (Lipinski definition) is 3. The fourth-order valence-corrected chi connectivity index (χ4v) is 1.78. The molecular formula is C12H17FO3S. The first-order valence-electron chi connectivity index (χ1n) is 5.48. The molecule has 5 heteroatoms. The lowest BCUT2D eigenvalue weighted by Crippen LogP contribution is -2.18. The smallest absolute Gasteiger partial charge is 0.127 e. The molecule has 0 aliphatic rings. The molecule has 1 aromatic carbocycles. The maximum absolute atomic E-state index is 13.3. The number of aliphatic hydroxyl groups is 2. The maximum atomic E-state index is 13.3. The fraction of sp³-hybridized carbons (Fsp3) is 0.500. The molecule has 1 aromatic rings. The Morgan fingerprint density at radius 3 is 2.65 bits per heavy atom. The number of aliphatic hydroxyl groups excluding tert-OH is 2. The van der Waals surface area contributed by atoms with Crippen LogP contribution in [0.2, 0.25) is 0 Å². The zero-order valence-corrected chi connectivity index (χ0v) is 10.5. The average molecular weight is 260 g/mol. The summed E-state index contributed by atoms with van der Waals surface area (Å²) >= 11 is 3.97. The van der Waals surface area contributed by atoms with E-state index < -0.39 is 18.0 Å². The van der Waals surface area contributed by atoms with Gasteiger partial charge in [-0.1, -0.05) is 0 Å². The zero-order valence-electron chi connectivity index (χ0n) is 9.64. The summed E-state index contributed by atoms with van der Waals surface area (Å²) in [6.07, 6.45) is -1.74. The normalized spacial score (nSPS) is 14.4. The van der Waals surface area contributed by atoms with Gasteiger partial charge < -0.3 is 14.9 Å². The van der Waals surface area contributed by atoms with Crippen LogP contribution in [0, 0.1) is 5.82 Å². The first-order valence-corrected chi connectivity index (χ1v) is 6.12. The Bertz CT molecular complexity index is 360. The van der Waals surface area contributed by atoms with Gasteiger partial charge in [-0.3, -0.25) is 0 Å². The number of thiol groups is 1. The number of hydrogen-bond acceptors (Lipinski definition) is 4. The van der Waals surface area contributed by atoms with Crippen LogP contribution < -0.4 is 4.74 Å². The van der Waals surface area contributed by atoms with Crippen molar-refractivity contribution in [1.82, 2.24) is 0 Å². The number of rotatable bonds is 6. The van der Waals surface area contributed by atoms with Gasteiger partial charge in [0, 0.05) is 6.07 Å². The van der Waals surface area contributed by atoms with E-state index in [1.807, 2.05) is 0 Å². The van der Waals surface area contributed by atoms with Crippen LogP contribution in [0.4, 0.5) is 4.39 Å². The van der Waals surface area contributed by atoms with Crippen molar-refractivity contribution < 1.29 is 19.3 Å². The van der Waals surface area contributed by atoms with Crippen molar-refractivity contribution >= 4 is 12.6 Å². The number of benzene rings is 1. The van der Waals surface area contributed by atoms with Gasteiger partial charge in [-0.2, -0.15) is 12.6 Å². The molecule has 17 heavy (non-hydrogen) atoms. The minimum Gasteiger partial charge on any atom is -0.494 e. The topological polar surface area (TPSA) is 49.7 Å². The summed E-state index contributed by atoms with van der Waals surface area (Å²) in [7, 11) is 0. The van der Waals surface area contributed by atoms with E-state index in [2.05, 4.69) is 12.6 Å². The van der Waals surface area contributed by atoms with E-state index in [4.69, 9.17) is 4.74 Å². The highest BCUT2D eigenvalue weighted by Gasteiger charge is 2.19. The fourth-order valence-electron chi connectivity index (χ4n) is 1.52. The van der Waals surface area contributed by atoms with E-state index in [1.165, 1.54) is 18.2 Å². The van der Waals surface area contributed by atoms with Gasteiger partial charge in [0.25, 0.3) is 0 Å². The quantitative estimate of drug-likeness (QED) is 0.685. The van der Waals surface area contributed by atoms with Gasteiger partial charge in [-0.15, -0.1) is 0 Å². The molecule has 0 saturated carbocycles. The molecule has 2 N–H and O–H groups in total. The third kappa shape index (κ3) is 4.18. The monoisotopic (exact) mass is 260 g/mol. The Labute approximate surface area is 106 Å². The molecule has 2 unspecified atom stereocenters. The second kappa shape index (κ2) is 6.83. The molecule has 2 atom stereocenters. The van der Waals surface area contributed by atoms with E-state index in [1.54, 1.807) is 6.92 Å². The zero-order chi connectivity index (χ0) is 12.8. The molecule has 0 amide bonds. The van der Waals surface area contributed by atoms with Crippen LogP contribution >= 0.6 is 12.6 Å². The Morgan fingerprint density at radius 2 is 2.06 bits per heavy atom. The van der Waals surface area contributed by atoms with Crippen LogP contribution in [-0.2, 0) is 0 Å². The van der Waals surface area contributed by atoms with Crippen LogP contribution in [0.3, 0.4) is 0 Å². The third-order valence-electron chi connectivity index (χ3n) is 2.34. The third-order valence-corrected chi connectivity index (χ3v) is 2.59. The number of ether oxygens (including phenoxy) is 1. The van der Waals surface area contributed by atoms with E-state index in [0.717, 1.165) is 0 Å². The van der Waals surface area contributed by atoms with Crippen LogP contribution in [0.25, 0.3) is 0 Å². The minimum absolute atomic E-state index is 0.308. The Hall–Kier alpha value is -0.780. The molecule has 0 saturated heterocycles. The summed E-state index contributed by atoms with van der Waals surface area (Å²) in [5.74, 6) is 0.300. The summed E-state index contributed by atoms with van der Waals surface area (Å²) in [6.45, 7) is 2.20. The van der Waals surface area contributed by atoms with Crippen LogP contribution in [-0.4, -0.2) is 28.7 Å². The Kier molecular flexibility index (Phi) is 5.74. The van der Waals surface area contributed by atoms with Crippen LogP contribution in [0.5, 0.6) is 5.75 Å². The van der Waals surface area contributed by atoms with Crippen molar-refractivity contribution in [2.24, 2.45) is 0 Å². The van der Waals surface area contributed by atoms with E-state index in [-0.39, 0.29) is 0 Å². The van der Waals surface area contributed by atoms with Crippen molar-refractivity contribution in [3.8, 4) is 5.75 Å². The molecule has 0 radical (unpaired) electrons. The van der Waals surface area contributed by atoms with Crippen molar-refractivity contribution in [2.75, 3.05) is 12.4 Å². The van der Waals surface area contributed by atoms with Crippen molar-refractivity contribution in [3.63, 3.8) is 0 Å². The molecular weight excluding hydrogens is 243 g/mol. The summed E-state index contributed by atoms with van der Waals surface area (Å²) < 4.78 is 18.4. The first-order chi connectivity index (χ1) is 8.08. The molecule has 0 bridgehead atoms. The molecule has 0 aliphatic heterocycles. The lowest BCUT2D eigenvalue weighted by Gasteiger charge is -2.18. The molecule has 0 aromatic heterocycles. The average Bonchev–Trinajstić information content (AvgIpc) is 2.28. The molecule has 0 aliphatic carbocycles. The van der Waals surface area contributed by atoms with Gasteiger partial charge in [0.2, 0.25) is 0 Å². The lowest BCUT2D eigenvalue weighted by atomic mass is 10.0. The van der Waals surface area contributed by atoms with Gasteiger partial charge >= 0.3 is 0 Å². The first kappa shape index (κ1) is 14.3. The number of halogens is 1. The Morgan fingerprint density at radius 1 is 1.35 bits per heavy atom. The van der Waals surface area contributed by atoms with E-state index >= 15 is 0 Å². The largest absolute Gasteiger partial charge is 0.494 e. The summed E-state index contributed by atoms with van der Waals surface area (Å²) in [5, 5.41) is 19.5. The summed E-state index contributed by atoms with van der Waals surface area (Å²) in [6, 6.07) is 3.96. The molecule has 0 fully saturated rings. The second-order valence-electron chi connectivity index (χ2n) is 3.68. The van der Waals surface area contributed by atoms with Crippen LogP contribution in [0.1, 0.15) is 25.0 Å². The molecule has 96 valence electrons. The predicted octanol–water partition coefficient (Wildman–Crippen LogP) is 1.94. The molecule has 0 spiro atoms. The minimum atomic E-state index is -1.13. The van der Waals surface area contributed by atoms with Gasteiger partial charge in [-0.05, 0) is 36.8 Å². The summed E-state index contributed by atoms with van der Waals surface area (Å²) in [4.78, 5) is 0. The van der Waals surface area contributed by atoms with E-state index in [9.17, 15) is 14.6 Å². The van der Waals surface area contributed by atoms with E-state index in [0.29, 0.717) is 30.1 Å². The SMILES string of the molecule is CCOc1cc(F)cc(C(O)C(O)CCS)c1. The second-order valence-corrected chi connectivity index (χ2v) is 4.12. The van der Waals surface area contributed by atoms with Crippen LogP contribution in [0.15, 0.2) is 18.2 Å². The summed E-state index contributed by atoms with van der Waals surface area (Å²) in [5.41, 5.74) is 0.308. The lowest BCUT2D eigenvalue weighted by molar-refractivity contribution is 0.0169. The van der Waals surface area contributed by atoms with Crippen molar-refractivity contribution in [1.29, 1.82) is 0 Å². The molecule has 3 nitrogen and oxygen atoms in total. The predicted molar refractivity (Wildman–Crippen MR) is 67.0 cm³/mol. The highest BCUT2D eigenvalue weighted by atomic mass is 32.1. The van der Waals surface area contributed by atoms with Gasteiger partial charge in [0.15, 0.2) is 0 Å². The highest BCUT2D eigenvalue weighted by molar-refractivity contribution is 7.80. The standard InChI is InChI=1S/C12H17FO3S/c1-2-16-10-6-8(5-9(13)7-10)12(15)11(14)3-4-17/h5-7,11-12,14-15,17H,2-4H2,1H3. The van der Waals surface area contributed by atoms with Gasteiger partial charge in [0.1, 0.15) is 17.7 Å². The molecule has 0 heterocycles. The van der Waals surface area contributed by atoms with Crippen molar-refractivity contribution in [2.45, 2.75) is 25.6 Å². The molecule has 1 rings (SSSR count). The Balaban J connectivity index is 2.88. The van der Waals surface area contributed by atoms with Gasteiger partial charge in [0.05, 0.1) is 12.7 Å². The van der Waals surface area contributed by atoms with Crippen molar-refractivity contribution in [3.05, 3.63) is 29.6 Å². The van der Waals surface area contributed by atoms with Gasteiger partial charge in [-0.25, -0.2) is 4.39 Å².